The minimum atomic E-state index is -0.576. The van der Waals surface area contributed by atoms with Crippen LogP contribution in [0.25, 0.3) is 0 Å². The van der Waals surface area contributed by atoms with Gasteiger partial charge >= 0.3 is 5.97 Å². The molecule has 0 aromatic heterocycles. The third kappa shape index (κ3) is 6.82. The monoisotopic (exact) mass is 591 g/mol. The first kappa shape index (κ1) is 29.7. The summed E-state index contributed by atoms with van der Waals surface area (Å²) in [5.41, 5.74) is 3.57. The van der Waals surface area contributed by atoms with Crippen LogP contribution >= 0.6 is 11.8 Å². The lowest BCUT2D eigenvalue weighted by Gasteiger charge is -2.36. The number of amidine groups is 1. The number of nitrogens with one attached hydrogen (secondary N) is 1. The van der Waals surface area contributed by atoms with Crippen molar-refractivity contribution < 1.29 is 28.5 Å². The molecule has 42 heavy (non-hydrogen) atoms. The normalized spacial score (nSPS) is 19.8. The second-order valence-electron chi connectivity index (χ2n) is 10.6. The fraction of sp³-hybridized carbons (Fsp3) is 0.406. The fourth-order valence-corrected chi connectivity index (χ4v) is 6.16. The zero-order chi connectivity index (χ0) is 29.6. The standard InChI is InChI=1S/C32H37N3O6S/c1-20(2)41-31(37)29-21(3)34-32-35(24(19-42-32)16-28(36)33-17-25-11-8-14-39-25)30(29)23-12-13-26(27(15-23)38-4)40-18-22-9-6-5-7-10-22/h5-7,9-10,12-13,15,19-20,25,30H,8,11,14,16-18H2,1-4H3,(H,33,36). The van der Waals surface area contributed by atoms with Gasteiger partial charge in [-0.2, -0.15) is 0 Å². The van der Waals surface area contributed by atoms with Crippen LogP contribution in [0.4, 0.5) is 0 Å². The Bertz CT molecular complexity index is 1400. The van der Waals surface area contributed by atoms with Crippen molar-refractivity contribution in [3.63, 3.8) is 0 Å². The van der Waals surface area contributed by atoms with Gasteiger partial charge in [0.05, 0.1) is 43.1 Å². The highest BCUT2D eigenvalue weighted by molar-refractivity contribution is 8.16. The zero-order valence-electron chi connectivity index (χ0n) is 24.4. The Morgan fingerprint density at radius 2 is 1.98 bits per heavy atom. The van der Waals surface area contributed by atoms with Crippen molar-refractivity contribution in [1.29, 1.82) is 0 Å². The summed E-state index contributed by atoms with van der Waals surface area (Å²) in [7, 11) is 1.59. The molecule has 1 fully saturated rings. The molecule has 10 heteroatoms. The van der Waals surface area contributed by atoms with Crippen molar-refractivity contribution >= 4 is 28.8 Å². The van der Waals surface area contributed by atoms with Gasteiger partial charge in [-0.1, -0.05) is 48.2 Å². The van der Waals surface area contributed by atoms with E-state index in [0.29, 0.717) is 41.1 Å². The van der Waals surface area contributed by atoms with Crippen molar-refractivity contribution in [2.45, 2.75) is 64.9 Å². The number of thioether (sulfide) groups is 1. The van der Waals surface area contributed by atoms with Gasteiger partial charge in [-0.05, 0) is 62.3 Å². The molecular formula is C32H37N3O6S. The third-order valence-corrected chi connectivity index (χ3v) is 8.09. The second kappa shape index (κ2) is 13.5. The molecular weight excluding hydrogens is 554 g/mol. The number of aliphatic imine (C=N–C) groups is 1. The Labute approximate surface area is 250 Å². The van der Waals surface area contributed by atoms with Gasteiger partial charge in [-0.25, -0.2) is 9.79 Å². The molecule has 0 radical (unpaired) electrons. The molecule has 5 rings (SSSR count). The van der Waals surface area contributed by atoms with Crippen LogP contribution in [0.1, 0.15) is 57.2 Å². The molecule has 0 spiro atoms. The number of allylic oxidation sites excluding steroid dienone is 1. The molecule has 3 aliphatic heterocycles. The Kier molecular flexibility index (Phi) is 9.54. The van der Waals surface area contributed by atoms with Gasteiger partial charge in [-0.3, -0.25) is 4.79 Å². The van der Waals surface area contributed by atoms with Crippen molar-refractivity contribution in [1.82, 2.24) is 10.2 Å². The maximum atomic E-state index is 13.5. The zero-order valence-corrected chi connectivity index (χ0v) is 25.2. The van der Waals surface area contributed by atoms with Crippen LogP contribution in [0.2, 0.25) is 0 Å². The van der Waals surface area contributed by atoms with Crippen LogP contribution in [-0.2, 0) is 25.7 Å². The summed E-state index contributed by atoms with van der Waals surface area (Å²) >= 11 is 1.44. The highest BCUT2D eigenvalue weighted by atomic mass is 32.2. The summed E-state index contributed by atoms with van der Waals surface area (Å²) in [5.74, 6) is 0.560. The molecule has 1 saturated heterocycles. The van der Waals surface area contributed by atoms with Gasteiger partial charge in [0.2, 0.25) is 5.91 Å². The van der Waals surface area contributed by atoms with Gasteiger partial charge in [-0.15, -0.1) is 0 Å². The van der Waals surface area contributed by atoms with E-state index >= 15 is 0 Å². The van der Waals surface area contributed by atoms with Gasteiger partial charge in [0.1, 0.15) is 6.61 Å². The number of hydrogen-bond acceptors (Lipinski definition) is 9. The Morgan fingerprint density at radius 1 is 1.17 bits per heavy atom. The molecule has 3 heterocycles. The number of nitrogens with zero attached hydrogens (tertiary/aromatic N) is 2. The van der Waals surface area contributed by atoms with E-state index in [0.717, 1.165) is 36.3 Å². The number of methoxy groups -OCH3 is 1. The van der Waals surface area contributed by atoms with Gasteiger partial charge in [0, 0.05) is 18.8 Å². The SMILES string of the molecule is COc1cc(C2C(C(=O)OC(C)C)=C(C)N=C3SC=C(CC(=O)NCC4CCCO4)N32)ccc1OCc1ccccc1. The number of carbonyl (C=O) groups excluding carboxylic acids is 2. The molecule has 1 N–H and O–H groups in total. The highest BCUT2D eigenvalue weighted by Crippen LogP contribution is 2.46. The second-order valence-corrected chi connectivity index (χ2v) is 11.5. The average Bonchev–Trinajstić information content (AvgIpc) is 3.64. The lowest BCUT2D eigenvalue weighted by molar-refractivity contribution is -0.143. The van der Waals surface area contributed by atoms with E-state index in [1.54, 1.807) is 7.11 Å². The largest absolute Gasteiger partial charge is 0.493 e. The lowest BCUT2D eigenvalue weighted by atomic mass is 9.93. The predicted molar refractivity (Wildman–Crippen MR) is 162 cm³/mol. The van der Waals surface area contributed by atoms with Crippen molar-refractivity contribution in [2.75, 3.05) is 20.3 Å². The molecule has 2 aromatic carbocycles. The Balaban J connectivity index is 1.43. The fourth-order valence-electron chi connectivity index (χ4n) is 5.19. The van der Waals surface area contributed by atoms with E-state index in [1.165, 1.54) is 11.8 Å². The van der Waals surface area contributed by atoms with Crippen LogP contribution in [0.3, 0.4) is 0 Å². The summed E-state index contributed by atoms with van der Waals surface area (Å²) < 4.78 is 23.1. The van der Waals surface area contributed by atoms with Crippen LogP contribution in [-0.4, -0.2) is 54.4 Å². The lowest BCUT2D eigenvalue weighted by Crippen LogP contribution is -2.39. The molecule has 3 aliphatic rings. The number of carbonyl (C=O) groups is 2. The minimum Gasteiger partial charge on any atom is -0.493 e. The molecule has 0 saturated carbocycles. The summed E-state index contributed by atoms with van der Waals surface area (Å²) in [6, 6.07) is 15.0. The molecule has 0 aliphatic carbocycles. The quantitative estimate of drug-likeness (QED) is 0.343. The van der Waals surface area contributed by atoms with Crippen molar-refractivity contribution in [3.8, 4) is 11.5 Å². The first-order valence-electron chi connectivity index (χ1n) is 14.2. The summed E-state index contributed by atoms with van der Waals surface area (Å²) in [6.45, 7) is 7.05. The van der Waals surface area contributed by atoms with Gasteiger partial charge < -0.3 is 29.2 Å². The van der Waals surface area contributed by atoms with E-state index in [1.807, 2.05) is 79.6 Å². The van der Waals surface area contributed by atoms with Crippen molar-refractivity contribution in [3.05, 3.63) is 82.0 Å². The number of hydrogen-bond donors (Lipinski definition) is 1. The van der Waals surface area contributed by atoms with Crippen LogP contribution in [0.5, 0.6) is 11.5 Å². The molecule has 1 amide bonds. The number of fused-ring (bicyclic) bond motifs is 1. The topological polar surface area (TPSA) is 98.7 Å². The van der Waals surface area contributed by atoms with Crippen molar-refractivity contribution in [2.24, 2.45) is 4.99 Å². The molecule has 2 aromatic rings. The van der Waals surface area contributed by atoms with E-state index in [4.69, 9.17) is 23.9 Å². The number of ether oxygens (including phenoxy) is 4. The van der Waals surface area contributed by atoms with E-state index in [2.05, 4.69) is 5.32 Å². The number of esters is 1. The van der Waals surface area contributed by atoms with Crippen LogP contribution in [0.15, 0.2) is 75.9 Å². The maximum Gasteiger partial charge on any atom is 0.338 e. The summed E-state index contributed by atoms with van der Waals surface area (Å²) in [5, 5.41) is 5.63. The maximum absolute atomic E-state index is 13.5. The molecule has 222 valence electrons. The number of rotatable bonds is 11. The smallest absolute Gasteiger partial charge is 0.338 e. The van der Waals surface area contributed by atoms with Crippen LogP contribution < -0.4 is 14.8 Å². The molecule has 9 nitrogen and oxygen atoms in total. The van der Waals surface area contributed by atoms with E-state index < -0.39 is 12.0 Å². The number of amides is 1. The first-order chi connectivity index (χ1) is 20.3. The molecule has 0 bridgehead atoms. The minimum absolute atomic E-state index is 0.0545. The third-order valence-electron chi connectivity index (χ3n) is 7.20. The molecule has 2 unspecified atom stereocenters. The first-order valence-corrected chi connectivity index (χ1v) is 15.1. The average molecular weight is 592 g/mol. The van der Waals surface area contributed by atoms with Crippen LogP contribution in [0, 0.1) is 0 Å². The van der Waals surface area contributed by atoms with E-state index in [9.17, 15) is 9.59 Å². The number of benzene rings is 2. The summed E-state index contributed by atoms with van der Waals surface area (Å²) in [6.07, 6.45) is 1.84. The molecule has 2 atom stereocenters. The Morgan fingerprint density at radius 3 is 2.69 bits per heavy atom. The summed E-state index contributed by atoms with van der Waals surface area (Å²) in [4.78, 5) is 33.2. The van der Waals surface area contributed by atoms with Gasteiger partial charge in [0.15, 0.2) is 16.7 Å². The predicted octanol–water partition coefficient (Wildman–Crippen LogP) is 5.49. The van der Waals surface area contributed by atoms with Gasteiger partial charge in [0.25, 0.3) is 0 Å². The Hall–Kier alpha value is -3.76. The van der Waals surface area contributed by atoms with E-state index in [-0.39, 0.29) is 24.5 Å². The highest BCUT2D eigenvalue weighted by Gasteiger charge is 2.41.